The van der Waals surface area contributed by atoms with E-state index in [1.54, 1.807) is 0 Å². The van der Waals surface area contributed by atoms with Gasteiger partial charge in [-0.05, 0) is 30.7 Å². The van der Waals surface area contributed by atoms with E-state index in [1.165, 1.54) is 0 Å². The summed E-state index contributed by atoms with van der Waals surface area (Å²) in [5.41, 5.74) is 0. The highest BCUT2D eigenvalue weighted by Gasteiger charge is 2.20. The molecule has 0 rings (SSSR count). The van der Waals surface area contributed by atoms with Gasteiger partial charge in [0.15, 0.2) is 0 Å². The number of quaternary nitrogens is 1. The number of hydrogen-bond donors (Lipinski definition) is 0. The summed E-state index contributed by atoms with van der Waals surface area (Å²) < 4.78 is 0.903. The standard InChI is InChI=1S/C12H20N.C4H8/c1-5-9-13(10-6-2,11-7-3)12-8-4;1-3-4-2/h5-8H,1-4,9-12H2;3H,1,4H2,2H3/q+1;. The predicted molar refractivity (Wildman–Crippen MR) is 81.0 cm³/mol. The molecule has 0 unspecified atom stereocenters. The zero-order valence-electron chi connectivity index (χ0n) is 11.4. The Morgan fingerprint density at radius 1 is 0.647 bits per heavy atom. The van der Waals surface area contributed by atoms with Crippen molar-refractivity contribution in [3.8, 4) is 0 Å². The lowest BCUT2D eigenvalue weighted by atomic mass is 10.3. The molecule has 96 valence electrons. The molecule has 0 aromatic rings. The van der Waals surface area contributed by atoms with E-state index in [-0.39, 0.29) is 0 Å². The van der Waals surface area contributed by atoms with Crippen LogP contribution in [0.1, 0.15) is 13.3 Å². The fraction of sp³-hybridized carbons (Fsp3) is 0.375. The third kappa shape index (κ3) is 9.58. The maximum absolute atomic E-state index is 3.77. The second-order valence-corrected chi connectivity index (χ2v) is 3.92. The molecule has 0 aliphatic rings. The second-order valence-electron chi connectivity index (χ2n) is 3.92. The van der Waals surface area contributed by atoms with Crippen LogP contribution < -0.4 is 0 Å². The quantitative estimate of drug-likeness (QED) is 0.416. The molecular weight excluding hydrogens is 206 g/mol. The first-order chi connectivity index (χ1) is 8.16. The molecule has 0 saturated carbocycles. The fourth-order valence-corrected chi connectivity index (χ4v) is 1.54. The van der Waals surface area contributed by atoms with Gasteiger partial charge in [0.25, 0.3) is 0 Å². The van der Waals surface area contributed by atoms with Gasteiger partial charge in [-0.1, -0.05) is 39.3 Å². The van der Waals surface area contributed by atoms with Gasteiger partial charge in [-0.3, -0.25) is 0 Å². The lowest BCUT2D eigenvalue weighted by Gasteiger charge is -2.35. The highest BCUT2D eigenvalue weighted by molar-refractivity contribution is 4.79. The summed E-state index contributed by atoms with van der Waals surface area (Å²) in [6.45, 7) is 24.4. The molecule has 0 atom stereocenters. The van der Waals surface area contributed by atoms with E-state index in [0.29, 0.717) is 0 Å². The van der Waals surface area contributed by atoms with Gasteiger partial charge in [0.1, 0.15) is 0 Å². The van der Waals surface area contributed by atoms with Crippen molar-refractivity contribution in [3.05, 3.63) is 63.3 Å². The minimum Gasteiger partial charge on any atom is -0.311 e. The molecular formula is C16H28N+. The van der Waals surface area contributed by atoms with E-state index in [4.69, 9.17) is 0 Å². The van der Waals surface area contributed by atoms with Gasteiger partial charge in [0.2, 0.25) is 0 Å². The van der Waals surface area contributed by atoms with Crippen LogP contribution in [0.4, 0.5) is 0 Å². The Kier molecular flexibility index (Phi) is 13.5. The van der Waals surface area contributed by atoms with Crippen LogP contribution in [-0.4, -0.2) is 30.7 Å². The Hall–Kier alpha value is -1.34. The summed E-state index contributed by atoms with van der Waals surface area (Å²) in [6, 6.07) is 0. The molecule has 1 nitrogen and oxygen atoms in total. The van der Waals surface area contributed by atoms with Gasteiger partial charge in [-0.25, -0.2) is 0 Å². The molecule has 1 heteroatoms. The van der Waals surface area contributed by atoms with Crippen molar-refractivity contribution in [3.63, 3.8) is 0 Å². The predicted octanol–water partition coefficient (Wildman–Crippen LogP) is 4.13. The van der Waals surface area contributed by atoms with Crippen molar-refractivity contribution in [2.45, 2.75) is 13.3 Å². The van der Waals surface area contributed by atoms with E-state index in [0.717, 1.165) is 37.1 Å². The maximum Gasteiger partial charge on any atom is 0.0978 e. The molecule has 0 N–H and O–H groups in total. The van der Waals surface area contributed by atoms with Crippen LogP contribution in [0.5, 0.6) is 0 Å². The summed E-state index contributed by atoms with van der Waals surface area (Å²) >= 11 is 0. The van der Waals surface area contributed by atoms with E-state index in [1.807, 2.05) is 30.4 Å². The Labute approximate surface area is 108 Å². The monoisotopic (exact) mass is 234 g/mol. The second kappa shape index (κ2) is 12.7. The van der Waals surface area contributed by atoms with Gasteiger partial charge in [0, 0.05) is 0 Å². The SMILES string of the molecule is C=CCC.C=CC[N+](CC=C)(CC=C)CC=C. The van der Waals surface area contributed by atoms with Crippen molar-refractivity contribution in [1.82, 2.24) is 0 Å². The number of nitrogens with zero attached hydrogens (tertiary/aromatic N) is 1. The Morgan fingerprint density at radius 2 is 0.882 bits per heavy atom. The summed E-state index contributed by atoms with van der Waals surface area (Å²) in [4.78, 5) is 0. The van der Waals surface area contributed by atoms with Crippen LogP contribution in [0.25, 0.3) is 0 Å². The molecule has 0 aromatic heterocycles. The number of rotatable bonds is 9. The molecule has 0 aromatic carbocycles. The van der Waals surface area contributed by atoms with Gasteiger partial charge < -0.3 is 4.48 Å². The average molecular weight is 234 g/mol. The third-order valence-electron chi connectivity index (χ3n) is 2.35. The smallest absolute Gasteiger partial charge is 0.0978 e. The highest BCUT2D eigenvalue weighted by atomic mass is 15.3. The first kappa shape index (κ1) is 18.0. The molecule has 0 aliphatic heterocycles. The Bertz CT molecular complexity index is 192. The minimum absolute atomic E-state index is 0.903. The molecule has 0 saturated heterocycles. The van der Waals surface area contributed by atoms with E-state index in [9.17, 15) is 0 Å². The Balaban J connectivity index is 0. The van der Waals surface area contributed by atoms with Gasteiger partial charge in [-0.15, -0.1) is 6.58 Å². The normalized spacial score (nSPS) is 9.47. The molecule has 17 heavy (non-hydrogen) atoms. The summed E-state index contributed by atoms with van der Waals surface area (Å²) in [5.74, 6) is 0. The fourth-order valence-electron chi connectivity index (χ4n) is 1.54. The molecule has 0 bridgehead atoms. The lowest BCUT2D eigenvalue weighted by Crippen LogP contribution is -2.48. The van der Waals surface area contributed by atoms with Crippen LogP contribution >= 0.6 is 0 Å². The van der Waals surface area contributed by atoms with Crippen molar-refractivity contribution in [1.29, 1.82) is 0 Å². The molecule has 0 spiro atoms. The van der Waals surface area contributed by atoms with Crippen LogP contribution in [0.15, 0.2) is 63.3 Å². The van der Waals surface area contributed by atoms with Crippen molar-refractivity contribution in [2.75, 3.05) is 26.2 Å². The third-order valence-corrected chi connectivity index (χ3v) is 2.35. The lowest BCUT2D eigenvalue weighted by molar-refractivity contribution is -0.906. The minimum atomic E-state index is 0.903. The van der Waals surface area contributed by atoms with Crippen molar-refractivity contribution >= 4 is 0 Å². The largest absolute Gasteiger partial charge is 0.311 e. The topological polar surface area (TPSA) is 0 Å². The summed E-state index contributed by atoms with van der Waals surface area (Å²) in [7, 11) is 0. The van der Waals surface area contributed by atoms with Gasteiger partial charge in [0.05, 0.1) is 26.2 Å². The van der Waals surface area contributed by atoms with Crippen molar-refractivity contribution < 1.29 is 4.48 Å². The van der Waals surface area contributed by atoms with Crippen LogP contribution in [0.2, 0.25) is 0 Å². The molecule has 0 fully saturated rings. The number of hydrogen-bond acceptors (Lipinski definition) is 0. The van der Waals surface area contributed by atoms with E-state index < -0.39 is 0 Å². The highest BCUT2D eigenvalue weighted by Crippen LogP contribution is 2.07. The summed E-state index contributed by atoms with van der Waals surface area (Å²) in [6.07, 6.45) is 10.7. The van der Waals surface area contributed by atoms with E-state index in [2.05, 4.69) is 39.8 Å². The zero-order valence-corrected chi connectivity index (χ0v) is 11.4. The van der Waals surface area contributed by atoms with Crippen LogP contribution in [0.3, 0.4) is 0 Å². The van der Waals surface area contributed by atoms with E-state index >= 15 is 0 Å². The molecule has 0 amide bonds. The number of allylic oxidation sites excluding steroid dienone is 1. The summed E-state index contributed by atoms with van der Waals surface area (Å²) in [5, 5.41) is 0. The van der Waals surface area contributed by atoms with Crippen molar-refractivity contribution in [2.24, 2.45) is 0 Å². The first-order valence-electron chi connectivity index (χ1n) is 6.05. The van der Waals surface area contributed by atoms with Gasteiger partial charge >= 0.3 is 0 Å². The van der Waals surface area contributed by atoms with Gasteiger partial charge in [-0.2, -0.15) is 0 Å². The van der Waals surface area contributed by atoms with Crippen LogP contribution in [-0.2, 0) is 0 Å². The maximum atomic E-state index is 3.77. The average Bonchev–Trinajstić information content (AvgIpc) is 2.31. The zero-order chi connectivity index (χ0) is 13.6. The van der Waals surface area contributed by atoms with Crippen LogP contribution in [0, 0.1) is 0 Å². The molecule has 0 aliphatic carbocycles. The Morgan fingerprint density at radius 3 is 1.00 bits per heavy atom. The first-order valence-corrected chi connectivity index (χ1v) is 6.05. The molecule has 0 radical (unpaired) electrons. The molecule has 0 heterocycles.